The molecule has 0 bridgehead atoms. The smallest absolute Gasteiger partial charge is 0.243 e. The Bertz CT molecular complexity index is 612. The van der Waals surface area contributed by atoms with E-state index >= 15 is 0 Å². The van der Waals surface area contributed by atoms with Crippen molar-refractivity contribution < 1.29 is 23.0 Å². The van der Waals surface area contributed by atoms with E-state index in [4.69, 9.17) is 14.6 Å². The van der Waals surface area contributed by atoms with Crippen molar-refractivity contribution in [1.29, 1.82) is 0 Å². The van der Waals surface area contributed by atoms with Gasteiger partial charge in [0.2, 0.25) is 10.0 Å². The molecule has 0 spiro atoms. The van der Waals surface area contributed by atoms with Crippen molar-refractivity contribution in [3.8, 4) is 11.5 Å². The zero-order valence-corrected chi connectivity index (χ0v) is 14.4. The first-order chi connectivity index (χ1) is 11.0. The Morgan fingerprint density at radius 1 is 1.09 bits per heavy atom. The number of aliphatic hydroxyl groups excluding tert-OH is 1. The molecule has 1 saturated heterocycles. The number of nitrogens with zero attached hydrogens (tertiary/aromatic N) is 2. The van der Waals surface area contributed by atoms with Crippen LogP contribution in [0, 0.1) is 0 Å². The SMILES string of the molecule is COc1ccc(S(=O)(=O)N2CCN(CCCO)CC2)cc1OC. The normalized spacial score (nSPS) is 17.2. The van der Waals surface area contributed by atoms with Gasteiger partial charge in [-0.3, -0.25) is 0 Å². The zero-order valence-electron chi connectivity index (χ0n) is 13.6. The molecule has 0 atom stereocenters. The number of hydrogen-bond donors (Lipinski definition) is 1. The summed E-state index contributed by atoms with van der Waals surface area (Å²) in [5, 5.41) is 8.86. The van der Waals surface area contributed by atoms with Gasteiger partial charge < -0.3 is 19.5 Å². The van der Waals surface area contributed by atoms with E-state index in [-0.39, 0.29) is 11.5 Å². The number of rotatable bonds is 7. The van der Waals surface area contributed by atoms with E-state index in [0.717, 1.165) is 6.54 Å². The standard InChI is InChI=1S/C15H24N2O5S/c1-21-14-5-4-13(12-15(14)22-2)23(19,20)17-9-7-16(8-10-17)6-3-11-18/h4-5,12,18H,3,6-11H2,1-2H3. The first kappa shape index (κ1) is 18.0. The summed E-state index contributed by atoms with van der Waals surface area (Å²) in [6, 6.07) is 4.63. The minimum atomic E-state index is -3.54. The maximum atomic E-state index is 12.7. The second kappa shape index (κ2) is 7.96. The van der Waals surface area contributed by atoms with Crippen LogP contribution in [0.3, 0.4) is 0 Å². The predicted molar refractivity (Wildman–Crippen MR) is 86.4 cm³/mol. The van der Waals surface area contributed by atoms with Crippen molar-refractivity contribution in [2.45, 2.75) is 11.3 Å². The highest BCUT2D eigenvalue weighted by Gasteiger charge is 2.29. The molecule has 1 aromatic carbocycles. The lowest BCUT2D eigenvalue weighted by molar-refractivity contribution is 0.171. The van der Waals surface area contributed by atoms with Crippen LogP contribution in [0.1, 0.15) is 6.42 Å². The lowest BCUT2D eigenvalue weighted by atomic mass is 10.3. The Morgan fingerprint density at radius 2 is 1.74 bits per heavy atom. The first-order valence-electron chi connectivity index (χ1n) is 7.58. The van der Waals surface area contributed by atoms with Gasteiger partial charge in [0.15, 0.2) is 11.5 Å². The molecular formula is C15H24N2O5S. The van der Waals surface area contributed by atoms with Gasteiger partial charge in [0.05, 0.1) is 19.1 Å². The van der Waals surface area contributed by atoms with Crippen LogP contribution in [0.4, 0.5) is 0 Å². The van der Waals surface area contributed by atoms with E-state index in [9.17, 15) is 8.42 Å². The van der Waals surface area contributed by atoms with Crippen LogP contribution >= 0.6 is 0 Å². The zero-order chi connectivity index (χ0) is 16.9. The van der Waals surface area contributed by atoms with Crippen molar-refractivity contribution in [2.24, 2.45) is 0 Å². The Morgan fingerprint density at radius 3 is 2.30 bits per heavy atom. The third-order valence-electron chi connectivity index (χ3n) is 3.96. The molecule has 0 aromatic heterocycles. The van der Waals surface area contributed by atoms with Gasteiger partial charge in [0, 0.05) is 45.4 Å². The molecule has 1 aliphatic heterocycles. The van der Waals surface area contributed by atoms with Crippen molar-refractivity contribution >= 4 is 10.0 Å². The summed E-state index contributed by atoms with van der Waals surface area (Å²) in [7, 11) is -0.550. The highest BCUT2D eigenvalue weighted by Crippen LogP contribution is 2.30. The summed E-state index contributed by atoms with van der Waals surface area (Å²) >= 11 is 0. The minimum absolute atomic E-state index is 0.157. The monoisotopic (exact) mass is 344 g/mol. The van der Waals surface area contributed by atoms with E-state index in [1.54, 1.807) is 6.07 Å². The lowest BCUT2D eigenvalue weighted by Gasteiger charge is -2.33. The molecule has 1 fully saturated rings. The fourth-order valence-electron chi connectivity index (χ4n) is 2.61. The molecule has 1 aliphatic rings. The summed E-state index contributed by atoms with van der Waals surface area (Å²) in [6.07, 6.45) is 0.711. The Kier molecular flexibility index (Phi) is 6.23. The molecule has 0 saturated carbocycles. The van der Waals surface area contributed by atoms with Crippen LogP contribution in [0.5, 0.6) is 11.5 Å². The number of aliphatic hydroxyl groups is 1. The summed E-state index contributed by atoms with van der Waals surface area (Å²) in [4.78, 5) is 2.37. The maximum Gasteiger partial charge on any atom is 0.243 e. The summed E-state index contributed by atoms with van der Waals surface area (Å²) in [5.74, 6) is 0.899. The number of ether oxygens (including phenoxy) is 2. The van der Waals surface area contributed by atoms with Gasteiger partial charge in [0.1, 0.15) is 0 Å². The Balaban J connectivity index is 2.10. The third kappa shape index (κ3) is 4.14. The largest absolute Gasteiger partial charge is 0.493 e. The summed E-state index contributed by atoms with van der Waals surface area (Å²) < 4.78 is 37.3. The van der Waals surface area contributed by atoms with E-state index in [0.29, 0.717) is 44.1 Å². The molecule has 0 unspecified atom stereocenters. The van der Waals surface area contributed by atoms with Crippen molar-refractivity contribution in [2.75, 3.05) is 53.6 Å². The Labute approximate surface area is 137 Å². The van der Waals surface area contributed by atoms with E-state index in [2.05, 4.69) is 4.90 Å². The van der Waals surface area contributed by atoms with E-state index in [1.165, 1.54) is 30.7 Å². The Hall–Kier alpha value is -1.35. The van der Waals surface area contributed by atoms with Gasteiger partial charge in [-0.1, -0.05) is 0 Å². The maximum absolute atomic E-state index is 12.7. The number of benzene rings is 1. The molecule has 0 radical (unpaired) electrons. The van der Waals surface area contributed by atoms with Crippen molar-refractivity contribution in [1.82, 2.24) is 9.21 Å². The molecule has 23 heavy (non-hydrogen) atoms. The van der Waals surface area contributed by atoms with Crippen LogP contribution in [0.25, 0.3) is 0 Å². The van der Waals surface area contributed by atoms with E-state index < -0.39 is 10.0 Å². The van der Waals surface area contributed by atoms with Crippen LogP contribution in [-0.4, -0.2) is 76.3 Å². The van der Waals surface area contributed by atoms with Gasteiger partial charge in [0.25, 0.3) is 0 Å². The predicted octanol–water partition coefficient (Wildman–Crippen LogP) is 0.393. The molecule has 1 heterocycles. The third-order valence-corrected chi connectivity index (χ3v) is 5.85. The lowest BCUT2D eigenvalue weighted by Crippen LogP contribution is -2.48. The number of methoxy groups -OCH3 is 2. The highest BCUT2D eigenvalue weighted by atomic mass is 32.2. The fourth-order valence-corrected chi connectivity index (χ4v) is 4.05. The topological polar surface area (TPSA) is 79.3 Å². The second-order valence-electron chi connectivity index (χ2n) is 5.34. The molecule has 1 N–H and O–H groups in total. The van der Waals surface area contributed by atoms with Gasteiger partial charge in [-0.15, -0.1) is 0 Å². The quantitative estimate of drug-likeness (QED) is 0.771. The molecule has 2 rings (SSSR count). The summed E-state index contributed by atoms with van der Waals surface area (Å²) in [5.41, 5.74) is 0. The molecule has 1 aromatic rings. The van der Waals surface area contributed by atoms with Crippen LogP contribution < -0.4 is 9.47 Å². The average molecular weight is 344 g/mol. The summed E-state index contributed by atoms with van der Waals surface area (Å²) in [6.45, 7) is 3.19. The molecule has 130 valence electrons. The van der Waals surface area contributed by atoms with E-state index in [1.807, 2.05) is 0 Å². The number of hydrogen-bond acceptors (Lipinski definition) is 6. The number of sulfonamides is 1. The van der Waals surface area contributed by atoms with Gasteiger partial charge in [-0.2, -0.15) is 4.31 Å². The van der Waals surface area contributed by atoms with Gasteiger partial charge in [-0.05, 0) is 18.6 Å². The van der Waals surface area contributed by atoms with Crippen LogP contribution in [0.2, 0.25) is 0 Å². The van der Waals surface area contributed by atoms with Crippen molar-refractivity contribution in [3.05, 3.63) is 18.2 Å². The van der Waals surface area contributed by atoms with Crippen molar-refractivity contribution in [3.63, 3.8) is 0 Å². The molecule has 7 nitrogen and oxygen atoms in total. The first-order valence-corrected chi connectivity index (χ1v) is 9.02. The molecular weight excluding hydrogens is 320 g/mol. The van der Waals surface area contributed by atoms with Crippen LogP contribution in [0.15, 0.2) is 23.1 Å². The molecule has 8 heteroatoms. The number of piperazine rings is 1. The minimum Gasteiger partial charge on any atom is -0.493 e. The molecule has 0 amide bonds. The van der Waals surface area contributed by atoms with Gasteiger partial charge >= 0.3 is 0 Å². The average Bonchev–Trinajstić information content (AvgIpc) is 2.59. The highest BCUT2D eigenvalue weighted by molar-refractivity contribution is 7.89. The van der Waals surface area contributed by atoms with Crippen LogP contribution in [-0.2, 0) is 10.0 Å². The fraction of sp³-hybridized carbons (Fsp3) is 0.600. The second-order valence-corrected chi connectivity index (χ2v) is 7.28. The molecule has 0 aliphatic carbocycles. The van der Waals surface area contributed by atoms with Gasteiger partial charge in [-0.25, -0.2) is 8.42 Å².